The molecule has 2 N–H and O–H groups in total. The van der Waals surface area contributed by atoms with Gasteiger partial charge in [0.1, 0.15) is 17.0 Å². The third-order valence-corrected chi connectivity index (χ3v) is 3.01. The van der Waals surface area contributed by atoms with E-state index in [4.69, 9.17) is 4.74 Å². The molecule has 1 heterocycles. The third-order valence-electron chi connectivity index (χ3n) is 3.01. The minimum absolute atomic E-state index is 0.161. The van der Waals surface area contributed by atoms with Crippen molar-refractivity contribution in [3.8, 4) is 17.2 Å². The van der Waals surface area contributed by atoms with E-state index in [1.807, 2.05) is 12.1 Å². The van der Waals surface area contributed by atoms with Gasteiger partial charge in [0, 0.05) is 0 Å². The highest BCUT2D eigenvalue weighted by Crippen LogP contribution is 2.24. The fourth-order valence-electron chi connectivity index (χ4n) is 2.13. The number of para-hydroxylation sites is 1. The highest BCUT2D eigenvalue weighted by molar-refractivity contribution is 5.83. The van der Waals surface area contributed by atoms with Gasteiger partial charge in [0.15, 0.2) is 0 Å². The van der Waals surface area contributed by atoms with Crippen molar-refractivity contribution < 1.29 is 9.84 Å². The van der Waals surface area contributed by atoms with Gasteiger partial charge in [-0.25, -0.2) is 4.79 Å². The number of ether oxygens (including phenoxy) is 1. The van der Waals surface area contributed by atoms with Gasteiger partial charge < -0.3 is 14.8 Å². The molecule has 0 unspecified atom stereocenters. The molecule has 3 aromatic rings. The average molecular weight is 256 g/mol. The van der Waals surface area contributed by atoms with E-state index < -0.39 is 0 Å². The number of aromatic nitrogens is 2. The van der Waals surface area contributed by atoms with Crippen LogP contribution < -0.4 is 10.4 Å². The van der Waals surface area contributed by atoms with Crippen LogP contribution >= 0.6 is 0 Å². The minimum Gasteiger partial charge on any atom is -0.508 e. The van der Waals surface area contributed by atoms with Crippen LogP contribution in [-0.4, -0.2) is 21.8 Å². The molecule has 3 rings (SSSR count). The Labute approximate surface area is 108 Å². The summed E-state index contributed by atoms with van der Waals surface area (Å²) in [6, 6.07) is 11.9. The molecule has 0 amide bonds. The predicted octanol–water partition coefficient (Wildman–Crippen LogP) is 2.03. The van der Waals surface area contributed by atoms with Crippen LogP contribution in [0.5, 0.6) is 11.5 Å². The number of methoxy groups -OCH3 is 1. The second-order valence-electron chi connectivity index (χ2n) is 4.14. The van der Waals surface area contributed by atoms with Crippen LogP contribution in [0, 0.1) is 0 Å². The van der Waals surface area contributed by atoms with Crippen molar-refractivity contribution in [2.75, 3.05) is 7.11 Å². The van der Waals surface area contributed by atoms with Crippen LogP contribution in [0.4, 0.5) is 0 Å². The van der Waals surface area contributed by atoms with E-state index in [9.17, 15) is 9.90 Å². The molecule has 19 heavy (non-hydrogen) atoms. The van der Waals surface area contributed by atoms with Crippen LogP contribution in [-0.2, 0) is 0 Å². The lowest BCUT2D eigenvalue weighted by molar-refractivity contribution is 0.419. The quantitative estimate of drug-likeness (QED) is 0.737. The monoisotopic (exact) mass is 256 g/mol. The minimum atomic E-state index is -0.245. The van der Waals surface area contributed by atoms with E-state index in [0.717, 1.165) is 5.52 Å². The van der Waals surface area contributed by atoms with E-state index in [1.54, 1.807) is 37.4 Å². The summed E-state index contributed by atoms with van der Waals surface area (Å²) < 4.78 is 6.77. The average Bonchev–Trinajstić information content (AvgIpc) is 2.76. The lowest BCUT2D eigenvalue weighted by Crippen LogP contribution is -2.14. The maximum absolute atomic E-state index is 12.1. The smallest absolute Gasteiger partial charge is 0.331 e. The van der Waals surface area contributed by atoms with E-state index in [-0.39, 0.29) is 11.4 Å². The van der Waals surface area contributed by atoms with Gasteiger partial charge in [-0.1, -0.05) is 6.07 Å². The number of aromatic amines is 1. The third kappa shape index (κ3) is 1.76. The molecule has 0 fully saturated rings. The molecule has 0 atom stereocenters. The first-order valence-corrected chi connectivity index (χ1v) is 5.78. The molecule has 0 aliphatic heterocycles. The van der Waals surface area contributed by atoms with Crippen LogP contribution in [0.3, 0.4) is 0 Å². The number of phenols is 1. The number of nitrogens with zero attached hydrogens (tertiary/aromatic N) is 1. The van der Waals surface area contributed by atoms with Crippen molar-refractivity contribution in [1.82, 2.24) is 9.55 Å². The predicted molar refractivity (Wildman–Crippen MR) is 72.1 cm³/mol. The van der Waals surface area contributed by atoms with Crippen molar-refractivity contribution in [2.45, 2.75) is 0 Å². The van der Waals surface area contributed by atoms with Gasteiger partial charge in [0.25, 0.3) is 0 Å². The van der Waals surface area contributed by atoms with Gasteiger partial charge in [0.2, 0.25) is 0 Å². The van der Waals surface area contributed by atoms with Crippen molar-refractivity contribution in [3.63, 3.8) is 0 Å². The Bertz CT molecular complexity index is 785. The molecule has 0 bridgehead atoms. The van der Waals surface area contributed by atoms with Gasteiger partial charge in [-0.15, -0.1) is 0 Å². The molecule has 0 radical (unpaired) electrons. The first-order chi connectivity index (χ1) is 9.20. The largest absolute Gasteiger partial charge is 0.508 e. The first kappa shape index (κ1) is 11.4. The molecule has 0 aliphatic rings. The number of benzene rings is 2. The van der Waals surface area contributed by atoms with E-state index >= 15 is 0 Å². The zero-order chi connectivity index (χ0) is 13.4. The topological polar surface area (TPSA) is 67.2 Å². The van der Waals surface area contributed by atoms with Crippen molar-refractivity contribution >= 4 is 11.0 Å². The summed E-state index contributed by atoms with van der Waals surface area (Å²) in [4.78, 5) is 14.9. The zero-order valence-electron chi connectivity index (χ0n) is 10.3. The molecule has 0 saturated carbocycles. The second-order valence-corrected chi connectivity index (χ2v) is 4.14. The Hall–Kier alpha value is -2.69. The summed E-state index contributed by atoms with van der Waals surface area (Å²) in [5.74, 6) is 0.779. The Morgan fingerprint density at radius 3 is 2.58 bits per heavy atom. The molecular formula is C14H12N2O3. The molecule has 0 spiro atoms. The number of hydrogen-bond donors (Lipinski definition) is 2. The molecule has 5 heteroatoms. The molecule has 1 aromatic heterocycles. The summed E-state index contributed by atoms with van der Waals surface area (Å²) in [5, 5.41) is 9.30. The number of phenolic OH excluding ortho intramolecular Hbond substituents is 1. The van der Waals surface area contributed by atoms with Gasteiger partial charge in [-0.2, -0.15) is 0 Å². The van der Waals surface area contributed by atoms with Gasteiger partial charge >= 0.3 is 5.69 Å². The number of fused-ring (bicyclic) bond motifs is 1. The number of hydrogen-bond acceptors (Lipinski definition) is 3. The van der Waals surface area contributed by atoms with Gasteiger partial charge in [-0.3, -0.25) is 4.57 Å². The fourth-order valence-corrected chi connectivity index (χ4v) is 2.13. The molecule has 5 nitrogen and oxygen atoms in total. The van der Waals surface area contributed by atoms with E-state index in [1.165, 1.54) is 4.57 Å². The summed E-state index contributed by atoms with van der Waals surface area (Å²) in [5.41, 5.74) is 1.82. The lowest BCUT2D eigenvalue weighted by atomic mass is 10.2. The van der Waals surface area contributed by atoms with Crippen LogP contribution in [0.25, 0.3) is 16.7 Å². The fraction of sp³-hybridized carbons (Fsp3) is 0.0714. The molecule has 2 aromatic carbocycles. The highest BCUT2D eigenvalue weighted by atomic mass is 16.5. The van der Waals surface area contributed by atoms with Gasteiger partial charge in [-0.05, 0) is 36.4 Å². The Morgan fingerprint density at radius 1 is 1.16 bits per heavy atom. The van der Waals surface area contributed by atoms with E-state index in [0.29, 0.717) is 17.0 Å². The summed E-state index contributed by atoms with van der Waals surface area (Å²) in [6.07, 6.45) is 0. The maximum atomic E-state index is 12.1. The van der Waals surface area contributed by atoms with Crippen LogP contribution in [0.1, 0.15) is 0 Å². The van der Waals surface area contributed by atoms with Crippen molar-refractivity contribution in [3.05, 3.63) is 52.9 Å². The number of nitrogens with one attached hydrogen (secondary N) is 1. The Morgan fingerprint density at radius 2 is 1.89 bits per heavy atom. The Kier molecular flexibility index (Phi) is 2.52. The molecule has 0 saturated heterocycles. The van der Waals surface area contributed by atoms with Crippen molar-refractivity contribution in [2.24, 2.45) is 0 Å². The van der Waals surface area contributed by atoms with Crippen LogP contribution in [0.2, 0.25) is 0 Å². The number of H-pyrrole nitrogens is 1. The normalized spacial score (nSPS) is 10.8. The van der Waals surface area contributed by atoms with Crippen molar-refractivity contribution in [1.29, 1.82) is 0 Å². The van der Waals surface area contributed by atoms with E-state index in [2.05, 4.69) is 4.98 Å². The molecule has 0 aliphatic carbocycles. The number of aromatic hydroxyl groups is 1. The second kappa shape index (κ2) is 4.20. The van der Waals surface area contributed by atoms with Gasteiger partial charge in [0.05, 0.1) is 18.3 Å². The molecular weight excluding hydrogens is 244 g/mol. The van der Waals surface area contributed by atoms with Crippen LogP contribution in [0.15, 0.2) is 47.3 Å². The number of rotatable bonds is 2. The molecule has 96 valence electrons. The summed E-state index contributed by atoms with van der Waals surface area (Å²) in [6.45, 7) is 0. The summed E-state index contributed by atoms with van der Waals surface area (Å²) in [7, 11) is 1.56. The SMILES string of the molecule is COc1cccc2c1[nH]c(=O)n2-c1ccc(O)cc1. The highest BCUT2D eigenvalue weighted by Gasteiger charge is 2.11. The summed E-state index contributed by atoms with van der Waals surface area (Å²) >= 11 is 0. The maximum Gasteiger partial charge on any atom is 0.331 e. The first-order valence-electron chi connectivity index (χ1n) is 5.78. The number of imidazole rings is 1. The Balaban J connectivity index is 2.32. The zero-order valence-corrected chi connectivity index (χ0v) is 10.3. The lowest BCUT2D eigenvalue weighted by Gasteiger charge is -2.04. The standard InChI is InChI=1S/C14H12N2O3/c1-19-12-4-2-3-11-13(12)15-14(18)16(11)9-5-7-10(17)8-6-9/h2-8,17H,1H3,(H,15,18).